The van der Waals surface area contributed by atoms with Crippen molar-refractivity contribution >= 4 is 5.97 Å². The molecule has 1 atom stereocenters. The molecule has 1 N–H and O–H groups in total. The third-order valence-corrected chi connectivity index (χ3v) is 4.39. The summed E-state index contributed by atoms with van der Waals surface area (Å²) in [6.45, 7) is 3.96. The standard InChI is InChI=1S/C13H20O2/c1-9(12(14)15)7-13(2)8-10-3-5-11(13)6-4-10/h7,10-11H,3-6,8H2,1-2H3,(H,14,15). The third kappa shape index (κ3) is 1.95. The van der Waals surface area contributed by atoms with Crippen molar-refractivity contribution in [1.82, 2.24) is 0 Å². The van der Waals surface area contributed by atoms with Crippen LogP contribution in [-0.4, -0.2) is 11.1 Å². The Hall–Kier alpha value is -0.790. The van der Waals surface area contributed by atoms with Crippen molar-refractivity contribution in [3.63, 3.8) is 0 Å². The number of hydrogen-bond donors (Lipinski definition) is 1. The summed E-state index contributed by atoms with van der Waals surface area (Å²) in [4.78, 5) is 10.9. The monoisotopic (exact) mass is 208 g/mol. The Balaban J connectivity index is 2.20. The lowest BCUT2D eigenvalue weighted by molar-refractivity contribution is -0.132. The normalized spacial score (nSPS) is 40.5. The molecule has 3 saturated carbocycles. The lowest BCUT2D eigenvalue weighted by Crippen LogP contribution is -2.38. The molecule has 0 aliphatic heterocycles. The number of fused-ring (bicyclic) bond motifs is 3. The average molecular weight is 208 g/mol. The molecule has 2 nitrogen and oxygen atoms in total. The van der Waals surface area contributed by atoms with Gasteiger partial charge >= 0.3 is 5.97 Å². The number of rotatable bonds is 2. The number of hydrogen-bond acceptors (Lipinski definition) is 1. The minimum absolute atomic E-state index is 0.156. The fraction of sp³-hybridized carbons (Fsp3) is 0.769. The molecule has 1 unspecified atom stereocenters. The van der Waals surface area contributed by atoms with Crippen molar-refractivity contribution in [3.8, 4) is 0 Å². The second-order valence-corrected chi connectivity index (χ2v) is 5.56. The van der Waals surface area contributed by atoms with Gasteiger partial charge in [0, 0.05) is 5.57 Å². The van der Waals surface area contributed by atoms with E-state index in [9.17, 15) is 4.79 Å². The van der Waals surface area contributed by atoms with E-state index in [0.717, 1.165) is 11.8 Å². The van der Waals surface area contributed by atoms with Crippen LogP contribution in [0.25, 0.3) is 0 Å². The zero-order valence-corrected chi connectivity index (χ0v) is 9.62. The Morgan fingerprint density at radius 2 is 1.93 bits per heavy atom. The first-order valence-electron chi connectivity index (χ1n) is 5.94. The lowest BCUT2D eigenvalue weighted by atomic mass is 9.56. The van der Waals surface area contributed by atoms with Crippen molar-refractivity contribution in [3.05, 3.63) is 11.6 Å². The van der Waals surface area contributed by atoms with Crippen LogP contribution >= 0.6 is 0 Å². The molecule has 0 radical (unpaired) electrons. The molecule has 0 spiro atoms. The van der Waals surface area contributed by atoms with Crippen molar-refractivity contribution in [2.45, 2.75) is 46.0 Å². The molecule has 0 saturated heterocycles. The van der Waals surface area contributed by atoms with Crippen LogP contribution in [0.5, 0.6) is 0 Å². The highest BCUT2D eigenvalue weighted by Gasteiger charge is 2.42. The predicted octanol–water partition coefficient (Wildman–Crippen LogP) is 3.23. The molecule has 0 heterocycles. The first kappa shape index (κ1) is 10.7. The quantitative estimate of drug-likeness (QED) is 0.707. The largest absolute Gasteiger partial charge is 0.478 e. The summed E-state index contributed by atoms with van der Waals surface area (Å²) in [5, 5.41) is 8.93. The second-order valence-electron chi connectivity index (χ2n) is 5.56. The molecule has 3 rings (SSSR count). The van der Waals surface area contributed by atoms with Gasteiger partial charge in [-0.05, 0) is 43.4 Å². The highest BCUT2D eigenvalue weighted by atomic mass is 16.4. The summed E-state index contributed by atoms with van der Waals surface area (Å²) in [5.41, 5.74) is 0.675. The summed E-state index contributed by atoms with van der Waals surface area (Å²) < 4.78 is 0. The number of allylic oxidation sites excluding steroid dienone is 1. The molecular formula is C13H20O2. The van der Waals surface area contributed by atoms with Gasteiger partial charge in [0.25, 0.3) is 0 Å². The van der Waals surface area contributed by atoms with E-state index < -0.39 is 5.97 Å². The Morgan fingerprint density at radius 1 is 1.33 bits per heavy atom. The van der Waals surface area contributed by atoms with E-state index in [2.05, 4.69) is 6.92 Å². The van der Waals surface area contributed by atoms with Crippen LogP contribution in [-0.2, 0) is 4.79 Å². The summed E-state index contributed by atoms with van der Waals surface area (Å²) in [6, 6.07) is 0. The van der Waals surface area contributed by atoms with Gasteiger partial charge in [0.15, 0.2) is 0 Å². The van der Waals surface area contributed by atoms with E-state index in [1.807, 2.05) is 6.08 Å². The molecule has 3 aliphatic rings. The van der Waals surface area contributed by atoms with Gasteiger partial charge in [0.2, 0.25) is 0 Å². The summed E-state index contributed by atoms with van der Waals surface area (Å²) in [6.07, 6.45) is 8.53. The molecule has 0 aromatic carbocycles. The fourth-order valence-corrected chi connectivity index (χ4v) is 3.55. The van der Waals surface area contributed by atoms with Gasteiger partial charge in [-0.2, -0.15) is 0 Å². The molecule has 3 fully saturated rings. The molecule has 2 heteroatoms. The maximum absolute atomic E-state index is 10.9. The van der Waals surface area contributed by atoms with E-state index >= 15 is 0 Å². The van der Waals surface area contributed by atoms with Crippen LogP contribution in [0.1, 0.15) is 46.0 Å². The minimum Gasteiger partial charge on any atom is -0.478 e. The molecule has 84 valence electrons. The zero-order chi connectivity index (χ0) is 11.1. The first-order chi connectivity index (χ1) is 7.01. The molecule has 2 bridgehead atoms. The van der Waals surface area contributed by atoms with Gasteiger partial charge in [-0.25, -0.2) is 4.79 Å². The SMILES string of the molecule is CC(=CC1(C)CC2CCC1CC2)C(=O)O. The van der Waals surface area contributed by atoms with Gasteiger partial charge in [-0.15, -0.1) is 0 Å². The van der Waals surface area contributed by atoms with Crippen molar-refractivity contribution in [2.75, 3.05) is 0 Å². The molecular weight excluding hydrogens is 188 g/mol. The van der Waals surface area contributed by atoms with Crippen LogP contribution in [0.4, 0.5) is 0 Å². The summed E-state index contributed by atoms with van der Waals surface area (Å²) in [5.74, 6) is 0.798. The number of aliphatic carboxylic acids is 1. The van der Waals surface area contributed by atoms with E-state index in [0.29, 0.717) is 5.57 Å². The maximum atomic E-state index is 10.9. The molecule has 15 heavy (non-hydrogen) atoms. The van der Waals surface area contributed by atoms with Gasteiger partial charge in [0.1, 0.15) is 0 Å². The van der Waals surface area contributed by atoms with E-state index in [1.165, 1.54) is 32.1 Å². The van der Waals surface area contributed by atoms with Gasteiger partial charge < -0.3 is 5.11 Å². The second kappa shape index (κ2) is 3.66. The Labute approximate surface area is 91.4 Å². The highest BCUT2D eigenvalue weighted by Crippen LogP contribution is 2.53. The molecule has 0 amide bonds. The smallest absolute Gasteiger partial charge is 0.330 e. The summed E-state index contributed by atoms with van der Waals surface area (Å²) >= 11 is 0. The van der Waals surface area contributed by atoms with Crippen LogP contribution in [0.2, 0.25) is 0 Å². The van der Waals surface area contributed by atoms with Crippen molar-refractivity contribution < 1.29 is 9.90 Å². The number of carboxylic acids is 1. The lowest BCUT2D eigenvalue weighted by Gasteiger charge is -2.48. The topological polar surface area (TPSA) is 37.3 Å². The Kier molecular flexibility index (Phi) is 2.61. The average Bonchev–Trinajstić information content (AvgIpc) is 2.18. The van der Waals surface area contributed by atoms with Crippen LogP contribution in [0.3, 0.4) is 0 Å². The van der Waals surface area contributed by atoms with Gasteiger partial charge in [-0.1, -0.05) is 25.8 Å². The molecule has 3 aliphatic carbocycles. The fourth-order valence-electron chi connectivity index (χ4n) is 3.55. The van der Waals surface area contributed by atoms with E-state index in [-0.39, 0.29) is 5.41 Å². The number of carboxylic acid groups (broad SMARTS) is 1. The minimum atomic E-state index is -0.766. The zero-order valence-electron chi connectivity index (χ0n) is 9.62. The van der Waals surface area contributed by atoms with Crippen molar-refractivity contribution in [2.24, 2.45) is 17.3 Å². The molecule has 0 aromatic rings. The van der Waals surface area contributed by atoms with Gasteiger partial charge in [-0.3, -0.25) is 0 Å². The first-order valence-corrected chi connectivity index (χ1v) is 5.94. The maximum Gasteiger partial charge on any atom is 0.330 e. The Bertz CT molecular complexity index is 298. The predicted molar refractivity (Wildman–Crippen MR) is 59.6 cm³/mol. The Morgan fingerprint density at radius 3 is 2.33 bits per heavy atom. The highest BCUT2D eigenvalue weighted by molar-refractivity contribution is 5.85. The third-order valence-electron chi connectivity index (χ3n) is 4.39. The summed E-state index contributed by atoms with van der Waals surface area (Å²) in [7, 11) is 0. The van der Waals surface area contributed by atoms with Crippen LogP contribution in [0, 0.1) is 17.3 Å². The van der Waals surface area contributed by atoms with Crippen LogP contribution < -0.4 is 0 Å². The van der Waals surface area contributed by atoms with E-state index in [1.54, 1.807) is 6.92 Å². The van der Waals surface area contributed by atoms with Crippen molar-refractivity contribution in [1.29, 1.82) is 0 Å². The van der Waals surface area contributed by atoms with Gasteiger partial charge in [0.05, 0.1) is 0 Å². The van der Waals surface area contributed by atoms with E-state index in [4.69, 9.17) is 5.11 Å². The van der Waals surface area contributed by atoms with Crippen LogP contribution in [0.15, 0.2) is 11.6 Å². The molecule has 0 aromatic heterocycles. The number of carbonyl (C=O) groups is 1.